The highest BCUT2D eigenvalue weighted by Gasteiger charge is 2.21. The summed E-state index contributed by atoms with van der Waals surface area (Å²) in [4.78, 5) is 0.370. The van der Waals surface area contributed by atoms with Gasteiger partial charge in [-0.3, -0.25) is 0 Å². The van der Waals surface area contributed by atoms with Gasteiger partial charge in [0.25, 0.3) is 0 Å². The van der Waals surface area contributed by atoms with Gasteiger partial charge in [0.1, 0.15) is 0 Å². The van der Waals surface area contributed by atoms with Crippen molar-refractivity contribution in [2.45, 2.75) is 31.1 Å². The van der Waals surface area contributed by atoms with E-state index in [1.54, 1.807) is 19.2 Å². The maximum atomic E-state index is 12.7. The molecule has 0 aliphatic carbocycles. The summed E-state index contributed by atoms with van der Waals surface area (Å²) in [5.41, 5.74) is 2.18. The van der Waals surface area contributed by atoms with Gasteiger partial charge >= 0.3 is 0 Å². The van der Waals surface area contributed by atoms with E-state index in [2.05, 4.69) is 13.8 Å². The van der Waals surface area contributed by atoms with Crippen LogP contribution in [-0.4, -0.2) is 26.3 Å². The summed E-state index contributed by atoms with van der Waals surface area (Å²) in [5, 5.41) is 0. The fraction of sp³-hybridized carbons (Fsp3) is 0.333. The molecule has 2 aromatic carbocycles. The molecule has 22 heavy (non-hydrogen) atoms. The molecule has 0 fully saturated rings. The number of hydrogen-bond acceptors (Lipinski definition) is 2. The molecule has 3 nitrogen and oxygen atoms in total. The fourth-order valence-corrected chi connectivity index (χ4v) is 3.49. The molecule has 0 N–H and O–H groups in total. The predicted molar refractivity (Wildman–Crippen MR) is 90.5 cm³/mol. The summed E-state index contributed by atoms with van der Waals surface area (Å²) in [6.45, 7) is 4.59. The van der Waals surface area contributed by atoms with E-state index in [0.717, 1.165) is 11.1 Å². The molecule has 4 heteroatoms. The maximum absolute atomic E-state index is 12.7. The number of nitrogens with zero attached hydrogens (tertiary/aromatic N) is 1. The topological polar surface area (TPSA) is 37.4 Å². The van der Waals surface area contributed by atoms with Crippen molar-refractivity contribution in [1.29, 1.82) is 0 Å². The van der Waals surface area contributed by atoms with E-state index in [4.69, 9.17) is 0 Å². The molecular formula is C18H23NO2S. The second-order valence-corrected chi connectivity index (χ2v) is 7.83. The Balaban J connectivity index is 2.13. The summed E-state index contributed by atoms with van der Waals surface area (Å²) < 4.78 is 26.7. The first kappa shape index (κ1) is 16.7. The first-order valence-corrected chi connectivity index (χ1v) is 8.95. The van der Waals surface area contributed by atoms with Crippen LogP contribution in [-0.2, 0) is 16.4 Å². The van der Waals surface area contributed by atoms with Gasteiger partial charge in [-0.25, -0.2) is 12.7 Å². The first-order valence-electron chi connectivity index (χ1n) is 7.51. The van der Waals surface area contributed by atoms with Gasteiger partial charge in [0, 0.05) is 13.6 Å². The lowest BCUT2D eigenvalue weighted by atomic mass is 10.0. The van der Waals surface area contributed by atoms with Crippen LogP contribution in [0.15, 0.2) is 59.5 Å². The molecule has 0 saturated carbocycles. The second-order valence-electron chi connectivity index (χ2n) is 5.79. The van der Waals surface area contributed by atoms with E-state index in [1.807, 2.05) is 42.5 Å². The molecule has 0 saturated heterocycles. The Hall–Kier alpha value is -1.65. The lowest BCUT2D eigenvalue weighted by Crippen LogP contribution is -2.29. The molecule has 2 aromatic rings. The minimum Gasteiger partial charge on any atom is -0.207 e. The van der Waals surface area contributed by atoms with Crippen LogP contribution in [0.1, 0.15) is 30.9 Å². The Kier molecular flexibility index (Phi) is 5.37. The summed E-state index contributed by atoms with van der Waals surface area (Å²) >= 11 is 0. The number of sulfonamides is 1. The van der Waals surface area contributed by atoms with Gasteiger partial charge in [0.2, 0.25) is 10.0 Å². The van der Waals surface area contributed by atoms with Crippen LogP contribution < -0.4 is 0 Å². The summed E-state index contributed by atoms with van der Waals surface area (Å²) in [5.74, 6) is 0.310. The Morgan fingerprint density at radius 3 is 2.32 bits per heavy atom. The zero-order valence-corrected chi connectivity index (χ0v) is 14.2. The van der Waals surface area contributed by atoms with Gasteiger partial charge in [0.15, 0.2) is 0 Å². The molecule has 0 bridgehead atoms. The number of hydrogen-bond donors (Lipinski definition) is 0. The van der Waals surface area contributed by atoms with Crippen LogP contribution in [0.4, 0.5) is 0 Å². The van der Waals surface area contributed by atoms with Crippen molar-refractivity contribution < 1.29 is 8.42 Å². The summed E-state index contributed by atoms with van der Waals surface area (Å²) in [6.07, 6.45) is 0.709. The molecular weight excluding hydrogens is 294 g/mol. The zero-order valence-electron chi connectivity index (χ0n) is 13.4. The summed E-state index contributed by atoms with van der Waals surface area (Å²) in [7, 11) is -1.79. The highest BCUT2D eigenvalue weighted by atomic mass is 32.2. The highest BCUT2D eigenvalue weighted by Crippen LogP contribution is 2.21. The van der Waals surface area contributed by atoms with Crippen molar-refractivity contribution in [3.63, 3.8) is 0 Å². The van der Waals surface area contributed by atoms with Crippen LogP contribution in [0.2, 0.25) is 0 Å². The van der Waals surface area contributed by atoms with Crippen LogP contribution in [0, 0.1) is 0 Å². The summed E-state index contributed by atoms with van der Waals surface area (Å²) in [6, 6.07) is 17.1. The molecule has 0 aliphatic rings. The number of benzene rings is 2. The normalized spacial score (nSPS) is 12.0. The molecule has 0 unspecified atom stereocenters. The van der Waals surface area contributed by atoms with Crippen LogP contribution in [0.3, 0.4) is 0 Å². The highest BCUT2D eigenvalue weighted by molar-refractivity contribution is 7.89. The third-order valence-electron chi connectivity index (χ3n) is 3.79. The monoisotopic (exact) mass is 317 g/mol. The van der Waals surface area contributed by atoms with Gasteiger partial charge in [-0.1, -0.05) is 56.3 Å². The quantitative estimate of drug-likeness (QED) is 0.815. The van der Waals surface area contributed by atoms with E-state index in [1.165, 1.54) is 4.31 Å². The molecule has 2 rings (SSSR count). The van der Waals surface area contributed by atoms with Crippen molar-refractivity contribution in [2.24, 2.45) is 0 Å². The third kappa shape index (κ3) is 3.96. The smallest absolute Gasteiger partial charge is 0.207 e. The van der Waals surface area contributed by atoms with E-state index < -0.39 is 10.0 Å². The van der Waals surface area contributed by atoms with Gasteiger partial charge in [-0.05, 0) is 35.6 Å². The zero-order chi connectivity index (χ0) is 16.2. The first-order chi connectivity index (χ1) is 10.4. The third-order valence-corrected chi connectivity index (χ3v) is 5.64. The van der Waals surface area contributed by atoms with E-state index in [9.17, 15) is 8.42 Å². The molecule has 0 spiro atoms. The Labute approximate surface area is 133 Å². The van der Waals surface area contributed by atoms with Gasteiger partial charge < -0.3 is 0 Å². The molecule has 0 aliphatic heterocycles. The molecule has 0 radical (unpaired) electrons. The predicted octanol–water partition coefficient (Wildman–Crippen LogP) is 3.67. The van der Waals surface area contributed by atoms with Gasteiger partial charge in [0.05, 0.1) is 4.90 Å². The van der Waals surface area contributed by atoms with Crippen molar-refractivity contribution >= 4 is 10.0 Å². The Morgan fingerprint density at radius 1 is 1.00 bits per heavy atom. The van der Waals surface area contributed by atoms with Crippen LogP contribution in [0.5, 0.6) is 0 Å². The molecule has 0 aromatic heterocycles. The van der Waals surface area contributed by atoms with Crippen molar-refractivity contribution in [2.75, 3.05) is 13.6 Å². The van der Waals surface area contributed by atoms with Crippen LogP contribution >= 0.6 is 0 Å². The van der Waals surface area contributed by atoms with Crippen LogP contribution in [0.25, 0.3) is 0 Å². The molecule has 118 valence electrons. The minimum absolute atomic E-state index is 0.310. The average Bonchev–Trinajstić information content (AvgIpc) is 2.53. The lowest BCUT2D eigenvalue weighted by molar-refractivity contribution is 0.472. The Morgan fingerprint density at radius 2 is 1.68 bits per heavy atom. The van der Waals surface area contributed by atoms with E-state index >= 15 is 0 Å². The SMILES string of the molecule is CC(C)c1cccc(S(=O)(=O)N(C)CCc2ccccc2)c1. The van der Waals surface area contributed by atoms with Crippen molar-refractivity contribution in [1.82, 2.24) is 4.31 Å². The maximum Gasteiger partial charge on any atom is 0.242 e. The fourth-order valence-electron chi connectivity index (χ4n) is 2.27. The van der Waals surface area contributed by atoms with E-state index in [-0.39, 0.29) is 0 Å². The van der Waals surface area contributed by atoms with Crippen molar-refractivity contribution in [3.8, 4) is 0 Å². The van der Waals surface area contributed by atoms with Gasteiger partial charge in [-0.2, -0.15) is 0 Å². The van der Waals surface area contributed by atoms with Gasteiger partial charge in [-0.15, -0.1) is 0 Å². The second kappa shape index (κ2) is 7.07. The largest absolute Gasteiger partial charge is 0.242 e. The lowest BCUT2D eigenvalue weighted by Gasteiger charge is -2.18. The number of rotatable bonds is 6. The molecule has 0 heterocycles. The number of likely N-dealkylation sites (N-methyl/N-ethyl adjacent to an activating group) is 1. The standard InChI is InChI=1S/C18H23NO2S/c1-15(2)17-10-7-11-18(14-17)22(20,21)19(3)13-12-16-8-5-4-6-9-16/h4-11,14-15H,12-13H2,1-3H3. The minimum atomic E-state index is -3.43. The van der Waals surface area contributed by atoms with E-state index in [0.29, 0.717) is 23.8 Å². The Bertz CT molecular complexity index is 709. The molecule has 0 amide bonds. The molecule has 0 atom stereocenters. The van der Waals surface area contributed by atoms with Crippen molar-refractivity contribution in [3.05, 3.63) is 65.7 Å². The average molecular weight is 317 g/mol.